The molecule has 0 amide bonds. The lowest BCUT2D eigenvalue weighted by atomic mass is 9.97. The Morgan fingerprint density at radius 1 is 1.00 bits per heavy atom. The van der Waals surface area contributed by atoms with Crippen LogP contribution in [0.4, 0.5) is 0 Å². The number of para-hydroxylation sites is 2. The van der Waals surface area contributed by atoms with Gasteiger partial charge in [0.1, 0.15) is 0 Å². The summed E-state index contributed by atoms with van der Waals surface area (Å²) in [5.74, 6) is 1.50. The molecular formula is C18H20O3. The maximum absolute atomic E-state index is 12.2. The summed E-state index contributed by atoms with van der Waals surface area (Å²) in [6, 6.07) is 16.9. The fourth-order valence-corrected chi connectivity index (χ4v) is 2.10. The summed E-state index contributed by atoms with van der Waals surface area (Å²) in [5, 5.41) is 0. The Morgan fingerprint density at radius 3 is 2.29 bits per heavy atom. The number of methoxy groups -OCH3 is 1. The van der Waals surface area contributed by atoms with Crippen LogP contribution in [0.15, 0.2) is 54.6 Å². The van der Waals surface area contributed by atoms with Crippen LogP contribution in [0.2, 0.25) is 0 Å². The fourth-order valence-electron chi connectivity index (χ4n) is 2.10. The first kappa shape index (κ1) is 15.1. The van der Waals surface area contributed by atoms with Gasteiger partial charge in [-0.3, -0.25) is 4.79 Å². The molecule has 0 radical (unpaired) electrons. The van der Waals surface area contributed by atoms with Crippen molar-refractivity contribution in [2.45, 2.75) is 13.3 Å². The Kier molecular flexibility index (Phi) is 5.38. The Labute approximate surface area is 125 Å². The van der Waals surface area contributed by atoms with E-state index in [2.05, 4.69) is 0 Å². The van der Waals surface area contributed by atoms with Crippen molar-refractivity contribution >= 4 is 5.78 Å². The van der Waals surface area contributed by atoms with Gasteiger partial charge in [-0.1, -0.05) is 49.4 Å². The minimum atomic E-state index is -0.0675. The van der Waals surface area contributed by atoms with E-state index in [4.69, 9.17) is 9.47 Å². The molecular weight excluding hydrogens is 264 g/mol. The highest BCUT2D eigenvalue weighted by atomic mass is 16.5. The molecule has 110 valence electrons. The van der Waals surface area contributed by atoms with Gasteiger partial charge in [0.2, 0.25) is 0 Å². The zero-order chi connectivity index (χ0) is 15.1. The molecule has 0 aliphatic carbocycles. The Balaban J connectivity index is 1.87. The molecule has 0 bridgehead atoms. The smallest absolute Gasteiger partial charge is 0.165 e. The molecule has 21 heavy (non-hydrogen) atoms. The zero-order valence-electron chi connectivity index (χ0n) is 12.4. The van der Waals surface area contributed by atoms with E-state index in [1.54, 1.807) is 7.11 Å². The van der Waals surface area contributed by atoms with Crippen molar-refractivity contribution in [3.63, 3.8) is 0 Å². The van der Waals surface area contributed by atoms with Gasteiger partial charge in [-0.15, -0.1) is 0 Å². The van der Waals surface area contributed by atoms with Crippen molar-refractivity contribution in [3.8, 4) is 11.5 Å². The standard InChI is InChI=1S/C18H20O3/c1-14(18(19)15-8-4-3-5-9-15)12-13-21-17-11-7-6-10-16(17)20-2/h3-11,14H,12-13H2,1-2H3. The van der Waals surface area contributed by atoms with Crippen molar-refractivity contribution in [1.29, 1.82) is 0 Å². The lowest BCUT2D eigenvalue weighted by Gasteiger charge is -2.13. The number of carbonyl (C=O) groups is 1. The van der Waals surface area contributed by atoms with Crippen LogP contribution in [0.25, 0.3) is 0 Å². The summed E-state index contributed by atoms with van der Waals surface area (Å²) < 4.78 is 10.9. The average molecular weight is 284 g/mol. The van der Waals surface area contributed by atoms with Crippen molar-refractivity contribution in [3.05, 3.63) is 60.2 Å². The molecule has 0 saturated heterocycles. The van der Waals surface area contributed by atoms with Gasteiger partial charge in [-0.2, -0.15) is 0 Å². The number of rotatable bonds is 7. The minimum absolute atomic E-state index is 0.0675. The van der Waals surface area contributed by atoms with E-state index in [-0.39, 0.29) is 11.7 Å². The number of hydrogen-bond acceptors (Lipinski definition) is 3. The van der Waals surface area contributed by atoms with E-state index in [1.165, 1.54) is 0 Å². The number of benzene rings is 2. The van der Waals surface area contributed by atoms with Crippen molar-refractivity contribution < 1.29 is 14.3 Å². The molecule has 0 aliphatic heterocycles. The number of ether oxygens (including phenoxy) is 2. The van der Waals surface area contributed by atoms with Crippen molar-refractivity contribution in [2.24, 2.45) is 5.92 Å². The highest BCUT2D eigenvalue weighted by Crippen LogP contribution is 2.26. The summed E-state index contributed by atoms with van der Waals surface area (Å²) >= 11 is 0. The SMILES string of the molecule is COc1ccccc1OCCC(C)C(=O)c1ccccc1. The molecule has 0 spiro atoms. The first-order valence-electron chi connectivity index (χ1n) is 7.07. The molecule has 1 atom stereocenters. The second kappa shape index (κ2) is 7.48. The summed E-state index contributed by atoms with van der Waals surface area (Å²) in [5.41, 5.74) is 0.752. The topological polar surface area (TPSA) is 35.5 Å². The first-order valence-corrected chi connectivity index (χ1v) is 7.07. The van der Waals surface area contributed by atoms with Gasteiger partial charge in [-0.05, 0) is 18.6 Å². The molecule has 0 aromatic heterocycles. The van der Waals surface area contributed by atoms with E-state index in [0.29, 0.717) is 24.5 Å². The third-order valence-electron chi connectivity index (χ3n) is 3.38. The number of ketones is 1. The largest absolute Gasteiger partial charge is 0.493 e. The van der Waals surface area contributed by atoms with Crippen LogP contribution in [-0.4, -0.2) is 19.5 Å². The number of carbonyl (C=O) groups excluding carboxylic acids is 1. The van der Waals surface area contributed by atoms with E-state index >= 15 is 0 Å². The Morgan fingerprint density at radius 2 is 1.62 bits per heavy atom. The van der Waals surface area contributed by atoms with Crippen LogP contribution in [0, 0.1) is 5.92 Å². The lowest BCUT2D eigenvalue weighted by molar-refractivity contribution is 0.0911. The summed E-state index contributed by atoms with van der Waals surface area (Å²) in [4.78, 5) is 12.2. The summed E-state index contributed by atoms with van der Waals surface area (Å²) in [6.07, 6.45) is 0.672. The Hall–Kier alpha value is -2.29. The monoisotopic (exact) mass is 284 g/mol. The summed E-state index contributed by atoms with van der Waals surface area (Å²) in [7, 11) is 1.61. The average Bonchev–Trinajstić information content (AvgIpc) is 2.55. The molecule has 0 N–H and O–H groups in total. The first-order chi connectivity index (χ1) is 10.2. The van der Waals surface area contributed by atoms with E-state index in [9.17, 15) is 4.79 Å². The van der Waals surface area contributed by atoms with Crippen LogP contribution >= 0.6 is 0 Å². The van der Waals surface area contributed by atoms with Gasteiger partial charge in [0.25, 0.3) is 0 Å². The maximum Gasteiger partial charge on any atom is 0.165 e. The normalized spacial score (nSPS) is 11.7. The second-order valence-electron chi connectivity index (χ2n) is 4.92. The molecule has 2 rings (SSSR count). The lowest BCUT2D eigenvalue weighted by Crippen LogP contribution is -2.14. The van der Waals surface area contributed by atoms with Gasteiger partial charge in [0, 0.05) is 11.5 Å². The molecule has 3 heteroatoms. The quantitative estimate of drug-likeness (QED) is 0.721. The third kappa shape index (κ3) is 4.09. The highest BCUT2D eigenvalue weighted by molar-refractivity contribution is 5.97. The predicted octanol–water partition coefficient (Wildman–Crippen LogP) is 3.98. The molecule has 2 aromatic carbocycles. The van der Waals surface area contributed by atoms with Crippen LogP contribution in [-0.2, 0) is 0 Å². The third-order valence-corrected chi connectivity index (χ3v) is 3.38. The molecule has 2 aromatic rings. The van der Waals surface area contributed by atoms with Crippen molar-refractivity contribution in [2.75, 3.05) is 13.7 Å². The molecule has 3 nitrogen and oxygen atoms in total. The molecule has 0 aliphatic rings. The molecule has 0 fully saturated rings. The van der Waals surface area contributed by atoms with E-state index < -0.39 is 0 Å². The summed E-state index contributed by atoms with van der Waals surface area (Å²) in [6.45, 7) is 2.42. The van der Waals surface area contributed by atoms with Crippen LogP contribution in [0.5, 0.6) is 11.5 Å². The van der Waals surface area contributed by atoms with Gasteiger partial charge in [0.15, 0.2) is 17.3 Å². The molecule has 0 heterocycles. The van der Waals surface area contributed by atoms with E-state index in [1.807, 2.05) is 61.5 Å². The van der Waals surface area contributed by atoms with Crippen LogP contribution < -0.4 is 9.47 Å². The van der Waals surface area contributed by atoms with E-state index in [0.717, 1.165) is 5.56 Å². The Bertz CT molecular complexity index is 578. The van der Waals surface area contributed by atoms with Crippen LogP contribution in [0.3, 0.4) is 0 Å². The molecule has 0 saturated carbocycles. The molecule has 1 unspecified atom stereocenters. The van der Waals surface area contributed by atoms with Gasteiger partial charge >= 0.3 is 0 Å². The minimum Gasteiger partial charge on any atom is -0.493 e. The van der Waals surface area contributed by atoms with Gasteiger partial charge < -0.3 is 9.47 Å². The van der Waals surface area contributed by atoms with Crippen molar-refractivity contribution in [1.82, 2.24) is 0 Å². The fraction of sp³-hybridized carbons (Fsp3) is 0.278. The predicted molar refractivity (Wildman–Crippen MR) is 83.0 cm³/mol. The second-order valence-corrected chi connectivity index (χ2v) is 4.92. The number of hydrogen-bond donors (Lipinski definition) is 0. The van der Waals surface area contributed by atoms with Crippen LogP contribution in [0.1, 0.15) is 23.7 Å². The van der Waals surface area contributed by atoms with Gasteiger partial charge in [0.05, 0.1) is 13.7 Å². The number of Topliss-reactive ketones (excluding diaryl/α,β-unsaturated/α-hetero) is 1. The maximum atomic E-state index is 12.2. The zero-order valence-corrected chi connectivity index (χ0v) is 12.4. The highest BCUT2D eigenvalue weighted by Gasteiger charge is 2.15. The van der Waals surface area contributed by atoms with Gasteiger partial charge in [-0.25, -0.2) is 0 Å².